The molecule has 0 saturated carbocycles. The molecule has 0 amide bonds. The lowest BCUT2D eigenvalue weighted by atomic mass is 10.4. The van der Waals surface area contributed by atoms with E-state index < -0.39 is 11.2 Å². The fourth-order valence-electron chi connectivity index (χ4n) is 2.04. The molecule has 0 bridgehead atoms. The largest absolute Gasteiger partial charge is 0.383 e. The molecule has 0 fully saturated rings. The lowest BCUT2D eigenvalue weighted by Crippen LogP contribution is -2.36. The van der Waals surface area contributed by atoms with E-state index >= 15 is 0 Å². The van der Waals surface area contributed by atoms with Crippen molar-refractivity contribution in [2.75, 3.05) is 50.9 Å². The number of nitrogens with zero attached hydrogens (tertiary/aromatic N) is 2. The summed E-state index contributed by atoms with van der Waals surface area (Å²) in [4.78, 5) is 28.1. The van der Waals surface area contributed by atoms with Crippen LogP contribution in [0.15, 0.2) is 9.59 Å². The molecule has 1 rings (SSSR count). The molecular formula is C13H25N5O3. The zero-order valence-corrected chi connectivity index (χ0v) is 12.9. The van der Waals surface area contributed by atoms with Crippen LogP contribution in [-0.4, -0.2) is 54.3 Å². The van der Waals surface area contributed by atoms with Crippen LogP contribution >= 0.6 is 0 Å². The number of likely N-dealkylation sites (N-methyl/N-ethyl adjacent to an activating group) is 1. The van der Waals surface area contributed by atoms with E-state index in [0.29, 0.717) is 19.7 Å². The van der Waals surface area contributed by atoms with Gasteiger partial charge in [0, 0.05) is 20.2 Å². The van der Waals surface area contributed by atoms with Crippen LogP contribution < -0.4 is 22.3 Å². The van der Waals surface area contributed by atoms with Crippen molar-refractivity contribution in [1.29, 1.82) is 0 Å². The van der Waals surface area contributed by atoms with Crippen molar-refractivity contribution in [3.05, 3.63) is 20.8 Å². The number of anilines is 2. The minimum atomic E-state index is -0.524. The molecule has 1 aromatic heterocycles. The summed E-state index contributed by atoms with van der Waals surface area (Å²) in [6.07, 6.45) is 0. The van der Waals surface area contributed by atoms with Crippen LogP contribution in [0.3, 0.4) is 0 Å². The number of H-pyrrole nitrogens is 1. The number of hydrogen-bond donors (Lipinski definition) is 3. The summed E-state index contributed by atoms with van der Waals surface area (Å²) in [7, 11) is 1.54. The minimum Gasteiger partial charge on any atom is -0.383 e. The fourth-order valence-corrected chi connectivity index (χ4v) is 2.04. The van der Waals surface area contributed by atoms with Crippen LogP contribution in [0.1, 0.15) is 13.8 Å². The van der Waals surface area contributed by atoms with E-state index in [2.05, 4.69) is 29.0 Å². The van der Waals surface area contributed by atoms with E-state index in [0.717, 1.165) is 19.6 Å². The Morgan fingerprint density at radius 2 is 2.00 bits per heavy atom. The first kappa shape index (κ1) is 17.3. The van der Waals surface area contributed by atoms with E-state index in [1.807, 2.05) is 0 Å². The van der Waals surface area contributed by atoms with Crippen molar-refractivity contribution in [1.82, 2.24) is 14.5 Å². The number of nitrogen functional groups attached to an aromatic ring is 1. The third kappa shape index (κ3) is 4.61. The van der Waals surface area contributed by atoms with E-state index in [-0.39, 0.29) is 11.5 Å². The zero-order chi connectivity index (χ0) is 15.8. The number of aromatic nitrogens is 2. The number of nitrogens with two attached hydrogens (primary N) is 1. The molecule has 0 aromatic carbocycles. The number of methoxy groups -OCH3 is 1. The second kappa shape index (κ2) is 8.48. The van der Waals surface area contributed by atoms with Gasteiger partial charge in [-0.05, 0) is 13.1 Å². The summed E-state index contributed by atoms with van der Waals surface area (Å²) in [6, 6.07) is 0. The van der Waals surface area contributed by atoms with Gasteiger partial charge in [-0.25, -0.2) is 4.79 Å². The third-order valence-electron chi connectivity index (χ3n) is 3.38. The fraction of sp³-hybridized carbons (Fsp3) is 0.692. The summed E-state index contributed by atoms with van der Waals surface area (Å²) < 4.78 is 6.23. The van der Waals surface area contributed by atoms with E-state index in [4.69, 9.17) is 10.5 Å². The number of rotatable bonds is 9. The van der Waals surface area contributed by atoms with E-state index in [9.17, 15) is 9.59 Å². The van der Waals surface area contributed by atoms with Crippen LogP contribution in [0, 0.1) is 0 Å². The Hall–Kier alpha value is -1.80. The predicted octanol–water partition coefficient (Wildman–Crippen LogP) is -0.481. The maximum Gasteiger partial charge on any atom is 0.330 e. The molecule has 21 heavy (non-hydrogen) atoms. The van der Waals surface area contributed by atoms with Crippen molar-refractivity contribution < 1.29 is 4.74 Å². The molecule has 0 aliphatic rings. The van der Waals surface area contributed by atoms with Crippen molar-refractivity contribution in [3.8, 4) is 0 Å². The predicted molar refractivity (Wildman–Crippen MR) is 83.9 cm³/mol. The molecule has 8 heteroatoms. The van der Waals surface area contributed by atoms with Crippen molar-refractivity contribution >= 4 is 11.5 Å². The second-order valence-electron chi connectivity index (χ2n) is 4.62. The Morgan fingerprint density at radius 3 is 2.57 bits per heavy atom. The van der Waals surface area contributed by atoms with Gasteiger partial charge in [-0.2, -0.15) is 0 Å². The van der Waals surface area contributed by atoms with Gasteiger partial charge in [0.05, 0.1) is 13.2 Å². The van der Waals surface area contributed by atoms with Gasteiger partial charge in [-0.3, -0.25) is 14.3 Å². The average molecular weight is 299 g/mol. The first-order valence-corrected chi connectivity index (χ1v) is 7.12. The summed E-state index contributed by atoms with van der Waals surface area (Å²) in [5, 5.41) is 3.01. The van der Waals surface area contributed by atoms with Gasteiger partial charge in [0.25, 0.3) is 5.56 Å². The van der Waals surface area contributed by atoms with E-state index in [1.165, 1.54) is 11.7 Å². The monoisotopic (exact) mass is 299 g/mol. The highest BCUT2D eigenvalue weighted by Crippen LogP contribution is 2.09. The van der Waals surface area contributed by atoms with Gasteiger partial charge < -0.3 is 20.7 Å². The van der Waals surface area contributed by atoms with Crippen molar-refractivity contribution in [2.24, 2.45) is 0 Å². The molecule has 0 aliphatic carbocycles. The summed E-state index contributed by atoms with van der Waals surface area (Å²) in [6.45, 7) is 8.05. The average Bonchev–Trinajstić information content (AvgIpc) is 2.46. The van der Waals surface area contributed by atoms with Crippen molar-refractivity contribution in [2.45, 2.75) is 20.4 Å². The maximum atomic E-state index is 11.8. The summed E-state index contributed by atoms with van der Waals surface area (Å²) in [5.74, 6) is 0.139. The SMILES string of the molecule is CCN(CC)CCNc1c(N)n(CCOC)c(=O)[nH]c1=O. The van der Waals surface area contributed by atoms with Gasteiger partial charge in [0.1, 0.15) is 11.5 Å². The molecule has 0 atom stereocenters. The molecular weight excluding hydrogens is 274 g/mol. The lowest BCUT2D eigenvalue weighted by Gasteiger charge is -2.19. The Labute approximate surface area is 123 Å². The van der Waals surface area contributed by atoms with Crippen LogP contribution in [-0.2, 0) is 11.3 Å². The van der Waals surface area contributed by atoms with Crippen LogP contribution in [0.5, 0.6) is 0 Å². The van der Waals surface area contributed by atoms with Gasteiger partial charge in [0.2, 0.25) is 0 Å². The number of ether oxygens (including phenoxy) is 1. The highest BCUT2D eigenvalue weighted by molar-refractivity contribution is 5.60. The number of hydrogen-bond acceptors (Lipinski definition) is 6. The molecule has 0 aliphatic heterocycles. The maximum absolute atomic E-state index is 11.8. The number of aromatic amines is 1. The third-order valence-corrected chi connectivity index (χ3v) is 3.38. The topological polar surface area (TPSA) is 105 Å². The Balaban J connectivity index is 2.86. The molecule has 0 radical (unpaired) electrons. The molecule has 120 valence electrons. The first-order valence-electron chi connectivity index (χ1n) is 7.12. The van der Waals surface area contributed by atoms with Gasteiger partial charge in [-0.1, -0.05) is 13.8 Å². The Kier molecular flexibility index (Phi) is 6.97. The normalized spacial score (nSPS) is 11.0. The molecule has 0 saturated heterocycles. The zero-order valence-electron chi connectivity index (χ0n) is 12.9. The Morgan fingerprint density at radius 1 is 1.33 bits per heavy atom. The Bertz CT molecular complexity index is 548. The summed E-state index contributed by atoms with van der Waals surface area (Å²) >= 11 is 0. The quantitative estimate of drug-likeness (QED) is 0.569. The van der Waals surface area contributed by atoms with Crippen LogP contribution in [0.2, 0.25) is 0 Å². The molecule has 1 heterocycles. The number of nitrogens with one attached hydrogen (secondary N) is 2. The van der Waals surface area contributed by atoms with Crippen LogP contribution in [0.4, 0.5) is 11.5 Å². The smallest absolute Gasteiger partial charge is 0.330 e. The second-order valence-corrected chi connectivity index (χ2v) is 4.62. The first-order chi connectivity index (χ1) is 10.0. The lowest BCUT2D eigenvalue weighted by molar-refractivity contribution is 0.186. The molecule has 4 N–H and O–H groups in total. The summed E-state index contributed by atoms with van der Waals surface area (Å²) in [5.41, 5.74) is 5.13. The van der Waals surface area contributed by atoms with Gasteiger partial charge in [-0.15, -0.1) is 0 Å². The van der Waals surface area contributed by atoms with Crippen LogP contribution in [0.25, 0.3) is 0 Å². The molecule has 0 spiro atoms. The molecule has 1 aromatic rings. The van der Waals surface area contributed by atoms with Crippen molar-refractivity contribution in [3.63, 3.8) is 0 Å². The highest BCUT2D eigenvalue weighted by atomic mass is 16.5. The van der Waals surface area contributed by atoms with E-state index in [1.54, 1.807) is 0 Å². The van der Waals surface area contributed by atoms with Gasteiger partial charge in [0.15, 0.2) is 0 Å². The standard InChI is InChI=1S/C13H25N5O3/c1-4-17(5-2)7-6-15-10-11(14)18(8-9-21-3)13(20)16-12(10)19/h15H,4-9,14H2,1-3H3,(H,16,19,20). The molecule has 8 nitrogen and oxygen atoms in total. The molecule has 0 unspecified atom stereocenters. The van der Waals surface area contributed by atoms with Gasteiger partial charge >= 0.3 is 5.69 Å². The highest BCUT2D eigenvalue weighted by Gasteiger charge is 2.12. The minimum absolute atomic E-state index is 0.139.